The molecule has 1 aliphatic carbocycles. The highest BCUT2D eigenvalue weighted by Gasteiger charge is 2.31. The minimum Gasteiger partial charge on any atom is -0.347 e. The Bertz CT molecular complexity index is 723. The van der Waals surface area contributed by atoms with Crippen molar-refractivity contribution in [2.45, 2.75) is 38.1 Å². The van der Waals surface area contributed by atoms with E-state index in [9.17, 15) is 4.79 Å². The lowest BCUT2D eigenvalue weighted by Gasteiger charge is -2.39. The molecule has 4 rings (SSSR count). The van der Waals surface area contributed by atoms with E-state index in [1.54, 1.807) is 6.20 Å². The highest BCUT2D eigenvalue weighted by atomic mass is 16.2. The smallest absolute Gasteiger partial charge is 0.321 e. The molecule has 1 saturated heterocycles. The molecular formula is C20H27N5O. The van der Waals surface area contributed by atoms with Crippen LogP contribution in [0.2, 0.25) is 0 Å². The van der Waals surface area contributed by atoms with Crippen molar-refractivity contribution in [1.29, 1.82) is 0 Å². The Kier molecular flexibility index (Phi) is 4.93. The molecular weight excluding hydrogens is 326 g/mol. The molecule has 6 nitrogen and oxygen atoms in total. The molecule has 1 aromatic carbocycles. The predicted molar refractivity (Wildman–Crippen MR) is 102 cm³/mol. The molecule has 1 atom stereocenters. The quantitative estimate of drug-likeness (QED) is 0.883. The Morgan fingerprint density at radius 1 is 1.27 bits per heavy atom. The van der Waals surface area contributed by atoms with Crippen LogP contribution in [0.1, 0.15) is 49.5 Å². The van der Waals surface area contributed by atoms with Crippen LogP contribution in [0.25, 0.3) is 0 Å². The highest BCUT2D eigenvalue weighted by molar-refractivity contribution is 5.89. The van der Waals surface area contributed by atoms with E-state index < -0.39 is 0 Å². The number of piperazine rings is 1. The van der Waals surface area contributed by atoms with Gasteiger partial charge in [-0.05, 0) is 43.0 Å². The lowest BCUT2D eigenvalue weighted by molar-refractivity contribution is 0.0946. The molecule has 0 bridgehead atoms. The van der Waals surface area contributed by atoms with Gasteiger partial charge in [0.2, 0.25) is 0 Å². The zero-order valence-corrected chi connectivity index (χ0v) is 15.3. The molecule has 1 aromatic heterocycles. The van der Waals surface area contributed by atoms with Crippen molar-refractivity contribution >= 4 is 11.7 Å². The average Bonchev–Trinajstić information content (AvgIpc) is 3.16. The molecule has 2 aromatic rings. The summed E-state index contributed by atoms with van der Waals surface area (Å²) < 4.78 is 0. The number of rotatable bonds is 4. The van der Waals surface area contributed by atoms with Crippen molar-refractivity contribution in [2.75, 3.05) is 31.5 Å². The largest absolute Gasteiger partial charge is 0.347 e. The maximum absolute atomic E-state index is 12.7. The number of amides is 2. The minimum atomic E-state index is -0.0336. The Hall–Kier alpha value is -2.34. The number of H-pyrrole nitrogens is 1. The molecule has 2 heterocycles. The van der Waals surface area contributed by atoms with Gasteiger partial charge in [-0.3, -0.25) is 4.90 Å². The first-order chi connectivity index (χ1) is 12.7. The lowest BCUT2D eigenvalue weighted by Crippen LogP contribution is -2.51. The Morgan fingerprint density at radius 3 is 2.69 bits per heavy atom. The number of nitrogens with zero attached hydrogens (tertiary/aromatic N) is 3. The van der Waals surface area contributed by atoms with Crippen LogP contribution in [0, 0.1) is 0 Å². The molecule has 26 heavy (non-hydrogen) atoms. The van der Waals surface area contributed by atoms with Crippen molar-refractivity contribution in [3.05, 3.63) is 48.0 Å². The fourth-order valence-corrected chi connectivity index (χ4v) is 3.89. The number of carbonyl (C=O) groups excluding carboxylic acids is 1. The second-order valence-corrected chi connectivity index (χ2v) is 7.24. The number of carbonyl (C=O) groups is 1. The second kappa shape index (κ2) is 7.50. The monoisotopic (exact) mass is 353 g/mol. The number of likely N-dealkylation sites (N-methyl/N-ethyl adjacent to an activating group) is 1. The number of benzene rings is 1. The van der Waals surface area contributed by atoms with E-state index in [2.05, 4.69) is 39.2 Å². The third-order valence-electron chi connectivity index (χ3n) is 5.76. The van der Waals surface area contributed by atoms with Crippen molar-refractivity contribution in [3.63, 3.8) is 0 Å². The summed E-state index contributed by atoms with van der Waals surface area (Å²) in [6.07, 6.45) is 7.53. The molecule has 2 fully saturated rings. The van der Waals surface area contributed by atoms with Crippen LogP contribution < -0.4 is 5.32 Å². The molecule has 2 N–H and O–H groups in total. The van der Waals surface area contributed by atoms with E-state index in [1.165, 1.54) is 24.8 Å². The first-order valence-electron chi connectivity index (χ1n) is 9.64. The number of aromatic amines is 1. The van der Waals surface area contributed by atoms with Gasteiger partial charge in [-0.15, -0.1) is 0 Å². The van der Waals surface area contributed by atoms with E-state index in [4.69, 9.17) is 0 Å². The number of hydrogen-bond donors (Lipinski definition) is 2. The molecule has 1 unspecified atom stereocenters. The van der Waals surface area contributed by atoms with E-state index >= 15 is 0 Å². The second-order valence-electron chi connectivity index (χ2n) is 7.24. The van der Waals surface area contributed by atoms with Gasteiger partial charge in [0.1, 0.15) is 5.82 Å². The molecule has 0 spiro atoms. The Balaban J connectivity index is 1.39. The lowest BCUT2D eigenvalue weighted by atomic mass is 9.80. The van der Waals surface area contributed by atoms with Gasteiger partial charge in [-0.25, -0.2) is 9.78 Å². The van der Waals surface area contributed by atoms with Gasteiger partial charge < -0.3 is 15.2 Å². The fourth-order valence-electron chi connectivity index (χ4n) is 3.89. The average molecular weight is 353 g/mol. The topological polar surface area (TPSA) is 64.3 Å². The predicted octanol–water partition coefficient (Wildman–Crippen LogP) is 3.59. The first kappa shape index (κ1) is 17.1. The Morgan fingerprint density at radius 2 is 2.08 bits per heavy atom. The number of nitrogens with one attached hydrogen (secondary N) is 2. The first-order valence-corrected chi connectivity index (χ1v) is 9.64. The van der Waals surface area contributed by atoms with Crippen molar-refractivity contribution in [1.82, 2.24) is 19.8 Å². The molecule has 0 radical (unpaired) electrons. The third kappa shape index (κ3) is 3.46. The van der Waals surface area contributed by atoms with Crippen molar-refractivity contribution in [2.24, 2.45) is 0 Å². The number of hydrogen-bond acceptors (Lipinski definition) is 3. The van der Waals surface area contributed by atoms with Crippen LogP contribution in [0.15, 0.2) is 36.7 Å². The zero-order valence-electron chi connectivity index (χ0n) is 15.3. The highest BCUT2D eigenvalue weighted by Crippen LogP contribution is 2.36. The van der Waals surface area contributed by atoms with Crippen LogP contribution in [0.5, 0.6) is 0 Å². The summed E-state index contributed by atoms with van der Waals surface area (Å²) in [7, 11) is 0. The van der Waals surface area contributed by atoms with Crippen LogP contribution in [-0.2, 0) is 0 Å². The summed E-state index contributed by atoms with van der Waals surface area (Å²) in [4.78, 5) is 24.6. The van der Waals surface area contributed by atoms with Crippen molar-refractivity contribution in [3.8, 4) is 0 Å². The SMILES string of the molecule is CCN1CCN(C(=O)Nc2ccc(C3CCC3)cc2)CC1c1ncc[nH]1. The normalized spacial score (nSPS) is 21.4. The summed E-state index contributed by atoms with van der Waals surface area (Å²) in [6, 6.07) is 8.44. The number of anilines is 1. The summed E-state index contributed by atoms with van der Waals surface area (Å²) >= 11 is 0. The molecule has 138 valence electrons. The third-order valence-corrected chi connectivity index (χ3v) is 5.76. The minimum absolute atomic E-state index is 0.0336. The van der Waals surface area contributed by atoms with Crippen LogP contribution in [0.4, 0.5) is 10.5 Å². The maximum Gasteiger partial charge on any atom is 0.321 e. The molecule has 1 saturated carbocycles. The fraction of sp³-hybridized carbons (Fsp3) is 0.500. The van der Waals surface area contributed by atoms with Gasteiger partial charge in [0.15, 0.2) is 0 Å². The summed E-state index contributed by atoms with van der Waals surface area (Å²) in [5, 5.41) is 3.05. The van der Waals surface area contributed by atoms with Gasteiger partial charge in [-0.1, -0.05) is 25.5 Å². The standard InChI is InChI=1S/C20H27N5O/c1-2-24-12-13-25(14-18(24)19-21-10-11-22-19)20(26)23-17-8-6-16(7-9-17)15-4-3-5-15/h6-11,15,18H,2-5,12-14H2,1H3,(H,21,22)(H,23,26). The molecule has 6 heteroatoms. The van der Waals surface area contributed by atoms with E-state index in [0.717, 1.165) is 37.1 Å². The van der Waals surface area contributed by atoms with E-state index in [0.29, 0.717) is 6.54 Å². The molecule has 1 aliphatic heterocycles. The van der Waals surface area contributed by atoms with Gasteiger partial charge in [-0.2, -0.15) is 0 Å². The zero-order chi connectivity index (χ0) is 17.9. The summed E-state index contributed by atoms with van der Waals surface area (Å²) in [5.41, 5.74) is 2.26. The number of imidazole rings is 1. The van der Waals surface area contributed by atoms with Crippen LogP contribution in [-0.4, -0.2) is 52.0 Å². The molecule has 2 amide bonds. The maximum atomic E-state index is 12.7. The summed E-state index contributed by atoms with van der Waals surface area (Å²) in [5.74, 6) is 1.64. The Labute approximate surface area is 154 Å². The van der Waals surface area contributed by atoms with Crippen molar-refractivity contribution < 1.29 is 4.79 Å². The van der Waals surface area contributed by atoms with Crippen LogP contribution in [0.3, 0.4) is 0 Å². The van der Waals surface area contributed by atoms with Gasteiger partial charge >= 0.3 is 6.03 Å². The van der Waals surface area contributed by atoms with E-state index in [-0.39, 0.29) is 12.1 Å². The summed E-state index contributed by atoms with van der Waals surface area (Å²) in [6.45, 7) is 5.33. The number of urea groups is 1. The van der Waals surface area contributed by atoms with Gasteiger partial charge in [0.25, 0.3) is 0 Å². The van der Waals surface area contributed by atoms with Gasteiger partial charge in [0, 0.05) is 37.7 Å². The van der Waals surface area contributed by atoms with Crippen LogP contribution >= 0.6 is 0 Å². The van der Waals surface area contributed by atoms with Gasteiger partial charge in [0.05, 0.1) is 6.04 Å². The number of aromatic nitrogens is 2. The van der Waals surface area contributed by atoms with E-state index in [1.807, 2.05) is 23.2 Å². The molecule has 2 aliphatic rings.